The van der Waals surface area contributed by atoms with E-state index in [0.29, 0.717) is 42.6 Å². The third-order valence-corrected chi connectivity index (χ3v) is 6.08. The summed E-state index contributed by atoms with van der Waals surface area (Å²) in [7, 11) is 0. The van der Waals surface area contributed by atoms with Gasteiger partial charge in [0, 0.05) is 38.3 Å². The van der Waals surface area contributed by atoms with Crippen LogP contribution >= 0.6 is 0 Å². The van der Waals surface area contributed by atoms with Crippen LogP contribution in [0.2, 0.25) is 0 Å². The monoisotopic (exact) mass is 387 g/mol. The average Bonchev–Trinajstić information content (AvgIpc) is 3.40. The quantitative estimate of drug-likeness (QED) is 0.835. The summed E-state index contributed by atoms with van der Waals surface area (Å²) in [6, 6.07) is 5.27. The molecule has 152 valence electrons. The lowest BCUT2D eigenvalue weighted by atomic mass is 9.95. The molecule has 7 heteroatoms. The zero-order valence-electron chi connectivity index (χ0n) is 16.5. The van der Waals surface area contributed by atoms with Crippen LogP contribution in [0.15, 0.2) is 18.2 Å². The van der Waals surface area contributed by atoms with Crippen LogP contribution in [0, 0.1) is 5.92 Å². The van der Waals surface area contributed by atoms with Crippen molar-refractivity contribution in [1.29, 1.82) is 0 Å². The molecule has 28 heavy (non-hydrogen) atoms. The molecule has 0 bridgehead atoms. The topological polar surface area (TPSA) is 71.1 Å². The van der Waals surface area contributed by atoms with E-state index in [1.807, 2.05) is 11.8 Å². The Morgan fingerprint density at radius 3 is 2.54 bits per heavy atom. The second kappa shape index (κ2) is 8.39. The summed E-state index contributed by atoms with van der Waals surface area (Å²) in [5, 5.41) is 3.02. The van der Waals surface area contributed by atoms with E-state index >= 15 is 0 Å². The van der Waals surface area contributed by atoms with Gasteiger partial charge < -0.3 is 19.7 Å². The van der Waals surface area contributed by atoms with E-state index in [1.165, 1.54) is 12.8 Å². The number of hydrogen-bond donors (Lipinski definition) is 1. The van der Waals surface area contributed by atoms with Gasteiger partial charge >= 0.3 is 0 Å². The molecule has 3 aliphatic rings. The number of hydrogen-bond acceptors (Lipinski definition) is 5. The van der Waals surface area contributed by atoms with E-state index in [-0.39, 0.29) is 24.6 Å². The third kappa shape index (κ3) is 3.81. The minimum atomic E-state index is -0.0646. The highest BCUT2D eigenvalue weighted by molar-refractivity contribution is 5.95. The van der Waals surface area contributed by atoms with Gasteiger partial charge in [0.15, 0.2) is 11.5 Å². The van der Waals surface area contributed by atoms with Crippen molar-refractivity contribution < 1.29 is 19.1 Å². The largest absolute Gasteiger partial charge is 0.454 e. The van der Waals surface area contributed by atoms with Gasteiger partial charge in [-0.05, 0) is 43.9 Å². The van der Waals surface area contributed by atoms with Crippen molar-refractivity contribution in [2.75, 3.05) is 39.5 Å². The number of fused-ring (bicyclic) bond motifs is 1. The molecule has 0 radical (unpaired) electrons. The first-order valence-corrected chi connectivity index (χ1v) is 10.4. The van der Waals surface area contributed by atoms with Crippen molar-refractivity contribution in [2.45, 2.75) is 38.6 Å². The highest BCUT2D eigenvalue weighted by Gasteiger charge is 2.37. The lowest BCUT2D eigenvalue weighted by molar-refractivity contribution is -0.129. The van der Waals surface area contributed by atoms with Crippen LogP contribution in [0.3, 0.4) is 0 Å². The van der Waals surface area contributed by atoms with Crippen LogP contribution in [-0.4, -0.2) is 67.2 Å². The van der Waals surface area contributed by atoms with Gasteiger partial charge in [-0.15, -0.1) is 0 Å². The van der Waals surface area contributed by atoms with Crippen molar-refractivity contribution in [3.63, 3.8) is 0 Å². The molecular weight excluding hydrogens is 358 g/mol. The van der Waals surface area contributed by atoms with E-state index in [0.717, 1.165) is 25.9 Å². The predicted molar refractivity (Wildman–Crippen MR) is 104 cm³/mol. The molecule has 1 atom stereocenters. The lowest BCUT2D eigenvalue weighted by Crippen LogP contribution is -2.58. The maximum Gasteiger partial charge on any atom is 0.254 e. The zero-order valence-corrected chi connectivity index (χ0v) is 16.5. The van der Waals surface area contributed by atoms with Gasteiger partial charge in [-0.25, -0.2) is 0 Å². The molecule has 1 aromatic carbocycles. The second-order valence-electron chi connectivity index (χ2n) is 7.78. The Balaban J connectivity index is 1.40. The highest BCUT2D eigenvalue weighted by Crippen LogP contribution is 2.33. The maximum absolute atomic E-state index is 12.9. The number of carbonyl (C=O) groups is 2. The van der Waals surface area contributed by atoms with Crippen molar-refractivity contribution in [3.05, 3.63) is 23.8 Å². The normalized spacial score (nSPS) is 21.0. The summed E-state index contributed by atoms with van der Waals surface area (Å²) < 4.78 is 10.7. The summed E-state index contributed by atoms with van der Waals surface area (Å²) in [6.07, 6.45) is 4.67. The van der Waals surface area contributed by atoms with Crippen LogP contribution < -0.4 is 14.8 Å². The Hall–Kier alpha value is -2.28. The Kier molecular flexibility index (Phi) is 5.71. The highest BCUT2D eigenvalue weighted by atomic mass is 16.7. The Labute approximate surface area is 166 Å². The molecule has 1 saturated heterocycles. The number of rotatable bonds is 5. The molecule has 4 rings (SSSR count). The van der Waals surface area contributed by atoms with E-state index in [2.05, 4.69) is 10.2 Å². The molecule has 2 heterocycles. The van der Waals surface area contributed by atoms with Crippen LogP contribution in [0.25, 0.3) is 0 Å². The van der Waals surface area contributed by atoms with Gasteiger partial charge in [-0.2, -0.15) is 0 Å². The number of likely N-dealkylation sites (N-methyl/N-ethyl adjacent to an activating group) is 1. The van der Waals surface area contributed by atoms with Crippen molar-refractivity contribution >= 4 is 11.8 Å². The fourth-order valence-electron chi connectivity index (χ4n) is 4.65. The summed E-state index contributed by atoms with van der Waals surface area (Å²) in [6.45, 7) is 5.55. The molecule has 1 saturated carbocycles. The van der Waals surface area contributed by atoms with Crippen LogP contribution in [-0.2, 0) is 4.79 Å². The molecular formula is C21H29N3O4. The lowest BCUT2D eigenvalue weighted by Gasteiger charge is -2.40. The van der Waals surface area contributed by atoms with E-state index in [4.69, 9.17) is 9.47 Å². The van der Waals surface area contributed by atoms with Crippen molar-refractivity contribution in [2.24, 2.45) is 5.92 Å². The van der Waals surface area contributed by atoms with Gasteiger partial charge in [0.25, 0.3) is 5.91 Å². The molecule has 1 unspecified atom stereocenters. The van der Waals surface area contributed by atoms with Crippen LogP contribution in [0.5, 0.6) is 11.5 Å². The van der Waals surface area contributed by atoms with Gasteiger partial charge in [-0.3, -0.25) is 14.5 Å². The molecule has 2 amide bonds. The number of carbonyl (C=O) groups excluding carboxylic acids is 2. The number of nitrogens with one attached hydrogen (secondary N) is 1. The summed E-state index contributed by atoms with van der Waals surface area (Å²) in [5.41, 5.74) is 0.619. The number of benzene rings is 1. The summed E-state index contributed by atoms with van der Waals surface area (Å²) in [4.78, 5) is 29.8. The Morgan fingerprint density at radius 2 is 1.82 bits per heavy atom. The van der Waals surface area contributed by atoms with Crippen LogP contribution in [0.1, 0.15) is 43.0 Å². The van der Waals surface area contributed by atoms with E-state index in [9.17, 15) is 9.59 Å². The smallest absolute Gasteiger partial charge is 0.254 e. The molecule has 1 aliphatic carbocycles. The fourth-order valence-corrected chi connectivity index (χ4v) is 4.65. The standard InChI is InChI=1S/C21H29N3O4/c1-2-22-20(25)19(15-5-3-4-6-15)23-9-11-24(12-10-23)21(26)16-7-8-17-18(13-16)28-14-27-17/h7-8,13,15,19H,2-6,9-12,14H2,1H3,(H,22,25). The first kappa shape index (κ1) is 19.1. The number of ether oxygens (including phenoxy) is 2. The number of amides is 2. The van der Waals surface area contributed by atoms with Crippen LogP contribution in [0.4, 0.5) is 0 Å². The fraction of sp³-hybridized carbons (Fsp3) is 0.619. The van der Waals surface area contributed by atoms with E-state index < -0.39 is 0 Å². The molecule has 0 aromatic heterocycles. The molecule has 0 spiro atoms. The summed E-state index contributed by atoms with van der Waals surface area (Å²) >= 11 is 0. The number of piperazine rings is 1. The minimum Gasteiger partial charge on any atom is -0.454 e. The SMILES string of the molecule is CCNC(=O)C(C1CCCC1)N1CCN(C(=O)c2ccc3c(c2)OCO3)CC1. The zero-order chi connectivity index (χ0) is 19.5. The molecule has 1 N–H and O–H groups in total. The average molecular weight is 387 g/mol. The van der Waals surface area contributed by atoms with Gasteiger partial charge in [0.2, 0.25) is 12.7 Å². The predicted octanol–water partition coefficient (Wildman–Crippen LogP) is 1.87. The van der Waals surface area contributed by atoms with Gasteiger partial charge in [-0.1, -0.05) is 12.8 Å². The minimum absolute atomic E-state index is 0.00776. The Morgan fingerprint density at radius 1 is 1.11 bits per heavy atom. The first-order chi connectivity index (χ1) is 13.7. The second-order valence-corrected chi connectivity index (χ2v) is 7.78. The van der Waals surface area contributed by atoms with Crippen molar-refractivity contribution in [1.82, 2.24) is 15.1 Å². The summed E-state index contributed by atoms with van der Waals surface area (Å²) in [5.74, 6) is 1.89. The van der Waals surface area contributed by atoms with Gasteiger partial charge in [0.1, 0.15) is 0 Å². The third-order valence-electron chi connectivity index (χ3n) is 6.08. The number of nitrogens with zero attached hydrogens (tertiary/aromatic N) is 2. The van der Waals surface area contributed by atoms with Crippen molar-refractivity contribution in [3.8, 4) is 11.5 Å². The Bertz CT molecular complexity index is 724. The molecule has 7 nitrogen and oxygen atoms in total. The molecule has 2 aliphatic heterocycles. The van der Waals surface area contributed by atoms with Gasteiger partial charge in [0.05, 0.1) is 6.04 Å². The molecule has 2 fully saturated rings. The maximum atomic E-state index is 12.9. The first-order valence-electron chi connectivity index (χ1n) is 10.4. The van der Waals surface area contributed by atoms with E-state index in [1.54, 1.807) is 18.2 Å². The molecule has 1 aromatic rings.